The van der Waals surface area contributed by atoms with Crippen LogP contribution in [0.5, 0.6) is 5.75 Å². The van der Waals surface area contributed by atoms with Crippen LogP contribution in [0, 0.1) is 11.6 Å². The van der Waals surface area contributed by atoms with E-state index in [-0.39, 0.29) is 28.6 Å². The number of ether oxygens (including phenoxy) is 1. The number of nitrogens with zero attached hydrogens (tertiary/aromatic N) is 1. The van der Waals surface area contributed by atoms with Crippen molar-refractivity contribution in [3.05, 3.63) is 77.6 Å². The molecule has 1 amide bonds. The first-order valence-corrected chi connectivity index (χ1v) is 11.0. The topological polar surface area (TPSA) is 110 Å². The standard InChI is InChI=1S/C21H19F2N3O5S/c1-26-10-17-20(18(26)21(28)24-13-7-8-14(22)15(23)9-13)31-11-16(25-32(17,29)30)19(27)12-5-3-2-4-6-12/h2-10,16,19,25,27H,11H2,1H3,(H,24,28)/t16-,19-/m0/s1. The maximum Gasteiger partial charge on any atom is 0.276 e. The molecule has 0 aliphatic carbocycles. The average Bonchev–Trinajstić information content (AvgIpc) is 3.04. The second-order valence-electron chi connectivity index (χ2n) is 7.26. The number of aryl methyl sites for hydroxylation is 1. The number of carbonyl (C=O) groups is 1. The number of hydrogen-bond donors (Lipinski definition) is 3. The van der Waals surface area contributed by atoms with Gasteiger partial charge in [0.05, 0.1) is 12.1 Å². The minimum absolute atomic E-state index is 0.0177. The van der Waals surface area contributed by atoms with Gasteiger partial charge in [0.15, 0.2) is 23.1 Å². The van der Waals surface area contributed by atoms with E-state index in [2.05, 4.69) is 10.0 Å². The molecule has 0 saturated carbocycles. The van der Waals surface area contributed by atoms with Crippen LogP contribution in [0.3, 0.4) is 0 Å². The highest BCUT2D eigenvalue weighted by Gasteiger charge is 2.37. The first-order valence-electron chi connectivity index (χ1n) is 9.51. The van der Waals surface area contributed by atoms with E-state index in [1.54, 1.807) is 30.3 Å². The van der Waals surface area contributed by atoms with E-state index in [4.69, 9.17) is 4.74 Å². The lowest BCUT2D eigenvalue weighted by atomic mass is 10.0. The van der Waals surface area contributed by atoms with Crippen molar-refractivity contribution >= 4 is 21.6 Å². The van der Waals surface area contributed by atoms with E-state index in [0.717, 1.165) is 12.1 Å². The molecule has 1 aromatic heterocycles. The van der Waals surface area contributed by atoms with Gasteiger partial charge in [0.1, 0.15) is 11.5 Å². The second-order valence-corrected chi connectivity index (χ2v) is 8.94. The lowest BCUT2D eigenvalue weighted by Crippen LogP contribution is -2.41. The summed E-state index contributed by atoms with van der Waals surface area (Å²) in [7, 11) is -2.70. The van der Waals surface area contributed by atoms with Gasteiger partial charge in [0.25, 0.3) is 5.91 Å². The van der Waals surface area contributed by atoms with Crippen molar-refractivity contribution in [2.75, 3.05) is 11.9 Å². The Hall–Kier alpha value is -3.28. The van der Waals surface area contributed by atoms with Crippen molar-refractivity contribution in [2.24, 2.45) is 7.05 Å². The first-order chi connectivity index (χ1) is 15.2. The number of sulfonamides is 1. The fourth-order valence-electron chi connectivity index (χ4n) is 3.44. The third-order valence-corrected chi connectivity index (χ3v) is 6.50. The van der Waals surface area contributed by atoms with Crippen molar-refractivity contribution in [3.8, 4) is 5.75 Å². The van der Waals surface area contributed by atoms with E-state index < -0.39 is 39.7 Å². The Morgan fingerprint density at radius 2 is 1.94 bits per heavy atom. The zero-order valence-electron chi connectivity index (χ0n) is 16.7. The molecule has 0 radical (unpaired) electrons. The molecule has 3 aromatic rings. The van der Waals surface area contributed by atoms with Crippen LogP contribution in [0.2, 0.25) is 0 Å². The second kappa shape index (κ2) is 8.34. The Bertz CT molecular complexity index is 1280. The predicted molar refractivity (Wildman–Crippen MR) is 111 cm³/mol. The van der Waals surface area contributed by atoms with Crippen LogP contribution < -0.4 is 14.8 Å². The fourth-order valence-corrected chi connectivity index (χ4v) is 4.86. The van der Waals surface area contributed by atoms with Gasteiger partial charge in [0.2, 0.25) is 10.0 Å². The SMILES string of the molecule is Cn1cc2c(c1C(=O)Nc1ccc(F)c(F)c1)OC[C@@H]([C@@H](O)c1ccccc1)NS2(=O)=O. The zero-order chi connectivity index (χ0) is 23.0. The minimum atomic E-state index is -4.15. The number of carbonyl (C=O) groups excluding carboxylic acids is 1. The van der Waals surface area contributed by atoms with Crippen LogP contribution in [-0.2, 0) is 17.1 Å². The summed E-state index contributed by atoms with van der Waals surface area (Å²) < 4.78 is 61.8. The number of amides is 1. The van der Waals surface area contributed by atoms with E-state index >= 15 is 0 Å². The van der Waals surface area contributed by atoms with E-state index in [1.165, 1.54) is 23.9 Å². The number of fused-ring (bicyclic) bond motifs is 1. The van der Waals surface area contributed by atoms with Gasteiger partial charge in [-0.15, -0.1) is 0 Å². The summed E-state index contributed by atoms with van der Waals surface area (Å²) in [5.41, 5.74) is 0.341. The van der Waals surface area contributed by atoms with E-state index in [9.17, 15) is 27.1 Å². The highest BCUT2D eigenvalue weighted by atomic mass is 32.2. The van der Waals surface area contributed by atoms with Gasteiger partial charge in [-0.3, -0.25) is 4.79 Å². The number of nitrogens with one attached hydrogen (secondary N) is 2. The number of aromatic nitrogens is 1. The quantitative estimate of drug-likeness (QED) is 0.550. The number of anilines is 1. The minimum Gasteiger partial charge on any atom is -0.488 e. The summed E-state index contributed by atoms with van der Waals surface area (Å²) in [6.07, 6.45) is 0.0120. The normalized spacial score (nSPS) is 18.2. The Morgan fingerprint density at radius 3 is 2.62 bits per heavy atom. The molecular formula is C21H19F2N3O5S. The molecule has 1 aliphatic rings. The summed E-state index contributed by atoms with van der Waals surface area (Å²) in [4.78, 5) is 12.6. The molecule has 4 rings (SSSR count). The maximum absolute atomic E-state index is 13.5. The Balaban J connectivity index is 1.64. The third-order valence-electron chi connectivity index (χ3n) is 5.02. The van der Waals surface area contributed by atoms with Gasteiger partial charge in [-0.05, 0) is 17.7 Å². The van der Waals surface area contributed by atoms with Crippen molar-refractivity contribution in [1.82, 2.24) is 9.29 Å². The van der Waals surface area contributed by atoms with Crippen molar-refractivity contribution in [3.63, 3.8) is 0 Å². The van der Waals surface area contributed by atoms with Crippen LogP contribution in [0.4, 0.5) is 14.5 Å². The lowest BCUT2D eigenvalue weighted by Gasteiger charge is -2.21. The molecule has 32 heavy (non-hydrogen) atoms. The molecule has 168 valence electrons. The monoisotopic (exact) mass is 463 g/mol. The zero-order valence-corrected chi connectivity index (χ0v) is 17.6. The van der Waals surface area contributed by atoms with Crippen molar-refractivity contribution < 1.29 is 31.8 Å². The summed E-state index contributed by atoms with van der Waals surface area (Å²) >= 11 is 0. The number of hydrogen-bond acceptors (Lipinski definition) is 5. The van der Waals surface area contributed by atoms with Gasteiger partial charge in [-0.2, -0.15) is 0 Å². The molecule has 11 heteroatoms. The third kappa shape index (κ3) is 4.09. The number of aliphatic hydroxyl groups is 1. The molecule has 3 N–H and O–H groups in total. The number of aliphatic hydroxyl groups excluding tert-OH is 1. The first kappa shape index (κ1) is 21.9. The highest BCUT2D eigenvalue weighted by molar-refractivity contribution is 7.89. The molecule has 0 spiro atoms. The summed E-state index contributed by atoms with van der Waals surface area (Å²) in [5.74, 6) is -3.20. The number of benzene rings is 2. The molecule has 2 aromatic carbocycles. The van der Waals surface area contributed by atoms with Gasteiger partial charge in [0, 0.05) is 25.0 Å². The molecule has 8 nitrogen and oxygen atoms in total. The van der Waals surface area contributed by atoms with Crippen LogP contribution in [0.1, 0.15) is 22.2 Å². The summed E-state index contributed by atoms with van der Waals surface area (Å²) in [6, 6.07) is 10.3. The van der Waals surface area contributed by atoms with Gasteiger partial charge >= 0.3 is 0 Å². The van der Waals surface area contributed by atoms with Gasteiger partial charge in [-0.25, -0.2) is 21.9 Å². The molecule has 1 aliphatic heterocycles. The lowest BCUT2D eigenvalue weighted by molar-refractivity contribution is 0.0996. The smallest absolute Gasteiger partial charge is 0.276 e. The van der Waals surface area contributed by atoms with Gasteiger partial charge < -0.3 is 19.7 Å². The number of rotatable bonds is 4. The van der Waals surface area contributed by atoms with Crippen LogP contribution in [-0.4, -0.2) is 36.6 Å². The van der Waals surface area contributed by atoms with E-state index in [1.807, 2.05) is 0 Å². The van der Waals surface area contributed by atoms with E-state index in [0.29, 0.717) is 5.56 Å². The highest BCUT2D eigenvalue weighted by Crippen LogP contribution is 2.34. The summed E-state index contributed by atoms with van der Waals surface area (Å²) in [5, 5.41) is 13.0. The average molecular weight is 463 g/mol. The largest absolute Gasteiger partial charge is 0.488 e. The predicted octanol–water partition coefficient (Wildman–Crippen LogP) is 2.33. The van der Waals surface area contributed by atoms with Crippen LogP contribution in [0.15, 0.2) is 59.6 Å². The molecule has 2 heterocycles. The molecule has 2 atom stereocenters. The summed E-state index contributed by atoms with van der Waals surface area (Å²) in [6.45, 7) is -0.252. The van der Waals surface area contributed by atoms with Crippen LogP contribution in [0.25, 0.3) is 0 Å². The Kier molecular flexibility index (Phi) is 5.71. The Labute approximate surface area is 182 Å². The Morgan fingerprint density at radius 1 is 1.22 bits per heavy atom. The van der Waals surface area contributed by atoms with Gasteiger partial charge in [-0.1, -0.05) is 30.3 Å². The molecule has 0 bridgehead atoms. The number of halogens is 2. The fraction of sp³-hybridized carbons (Fsp3) is 0.190. The van der Waals surface area contributed by atoms with Crippen molar-refractivity contribution in [2.45, 2.75) is 17.0 Å². The molecule has 0 saturated heterocycles. The molecule has 0 fully saturated rings. The maximum atomic E-state index is 13.5. The van der Waals surface area contributed by atoms with Crippen molar-refractivity contribution in [1.29, 1.82) is 0 Å². The van der Waals surface area contributed by atoms with Crippen LogP contribution >= 0.6 is 0 Å². The molecule has 0 unspecified atom stereocenters. The molecular weight excluding hydrogens is 444 g/mol.